The summed E-state index contributed by atoms with van der Waals surface area (Å²) >= 11 is 0. The highest BCUT2D eigenvalue weighted by Crippen LogP contribution is 2.26. The number of aromatic nitrogens is 2. The van der Waals surface area contributed by atoms with Crippen molar-refractivity contribution in [2.24, 2.45) is 0 Å². The number of ether oxygens (including phenoxy) is 1. The molecule has 0 spiro atoms. The van der Waals surface area contributed by atoms with E-state index in [4.69, 9.17) is 4.74 Å². The quantitative estimate of drug-likeness (QED) is 0.729. The summed E-state index contributed by atoms with van der Waals surface area (Å²) in [4.78, 5) is 25.2. The van der Waals surface area contributed by atoms with Gasteiger partial charge < -0.3 is 10.1 Å². The predicted octanol–water partition coefficient (Wildman–Crippen LogP) is 2.44. The molecule has 21 heavy (non-hydrogen) atoms. The van der Waals surface area contributed by atoms with E-state index in [1.807, 2.05) is 18.2 Å². The van der Waals surface area contributed by atoms with Crippen molar-refractivity contribution in [3.63, 3.8) is 0 Å². The van der Waals surface area contributed by atoms with Crippen LogP contribution in [0, 0.1) is 0 Å². The summed E-state index contributed by atoms with van der Waals surface area (Å²) in [7, 11) is 0. The van der Waals surface area contributed by atoms with E-state index in [9.17, 15) is 9.59 Å². The second-order valence-corrected chi connectivity index (χ2v) is 4.29. The number of anilines is 1. The maximum atomic E-state index is 10.8. The van der Waals surface area contributed by atoms with Crippen LogP contribution >= 0.6 is 0 Å². The minimum absolute atomic E-state index is 0.413. The molecule has 3 rings (SSSR count). The van der Waals surface area contributed by atoms with E-state index < -0.39 is 0 Å². The smallest absolute Gasteiger partial charge is 0.218 e. The van der Waals surface area contributed by atoms with Gasteiger partial charge in [0.25, 0.3) is 0 Å². The van der Waals surface area contributed by atoms with Crippen molar-refractivity contribution in [3.8, 4) is 11.5 Å². The number of pyridine rings is 1. The summed E-state index contributed by atoms with van der Waals surface area (Å²) in [5.41, 5.74) is 0.815. The molecule has 0 aliphatic carbocycles. The van der Waals surface area contributed by atoms with Gasteiger partial charge in [-0.3, -0.25) is 14.2 Å². The van der Waals surface area contributed by atoms with Crippen molar-refractivity contribution < 1.29 is 14.3 Å². The predicted molar refractivity (Wildman–Crippen MR) is 78.1 cm³/mol. The minimum Gasteiger partial charge on any atom is -0.457 e. The molecular formula is C15H11N3O3. The molecule has 0 unspecified atom stereocenters. The lowest BCUT2D eigenvalue weighted by Crippen LogP contribution is -1.96. The van der Waals surface area contributed by atoms with Gasteiger partial charge in [0, 0.05) is 23.8 Å². The average molecular weight is 281 g/mol. The molecule has 3 aromatic rings. The minimum atomic E-state index is 0.413. The number of hydrogen-bond acceptors (Lipinski definition) is 4. The Labute approximate surface area is 120 Å². The van der Waals surface area contributed by atoms with Crippen molar-refractivity contribution in [1.29, 1.82) is 0 Å². The summed E-state index contributed by atoms with van der Waals surface area (Å²) < 4.78 is 7.22. The van der Waals surface area contributed by atoms with Crippen molar-refractivity contribution >= 4 is 29.5 Å². The molecule has 6 heteroatoms. The van der Waals surface area contributed by atoms with Gasteiger partial charge in [-0.15, -0.1) is 0 Å². The Balaban J connectivity index is 1.89. The molecule has 1 amide bonds. The topological polar surface area (TPSA) is 73.2 Å². The molecule has 6 nitrogen and oxygen atoms in total. The molecule has 0 saturated heterocycles. The number of nitrogens with one attached hydrogen (secondary N) is 1. The van der Waals surface area contributed by atoms with Crippen LogP contribution < -0.4 is 10.1 Å². The molecule has 0 fully saturated rings. The van der Waals surface area contributed by atoms with Gasteiger partial charge in [0.1, 0.15) is 17.3 Å². The normalized spacial score (nSPS) is 10.3. The Hall–Kier alpha value is -3.15. The van der Waals surface area contributed by atoms with Crippen LogP contribution in [-0.2, 0) is 9.59 Å². The fourth-order valence-electron chi connectivity index (χ4n) is 2.05. The maximum Gasteiger partial charge on any atom is 0.218 e. The third-order valence-electron chi connectivity index (χ3n) is 2.98. The van der Waals surface area contributed by atoms with Crippen LogP contribution in [0.3, 0.4) is 0 Å². The monoisotopic (exact) mass is 281 g/mol. The first-order valence-electron chi connectivity index (χ1n) is 6.20. The van der Waals surface area contributed by atoms with Gasteiger partial charge in [0.05, 0.1) is 5.52 Å². The molecule has 0 radical (unpaired) electrons. The van der Waals surface area contributed by atoms with E-state index in [1.165, 1.54) is 4.57 Å². The number of benzene rings is 1. The second-order valence-electron chi connectivity index (χ2n) is 4.29. The summed E-state index contributed by atoms with van der Waals surface area (Å²) in [6.45, 7) is 0. The van der Waals surface area contributed by atoms with Gasteiger partial charge in [-0.2, -0.15) is 0 Å². The van der Waals surface area contributed by atoms with Crippen LogP contribution in [0.5, 0.6) is 11.5 Å². The second kappa shape index (κ2) is 5.46. The molecule has 0 saturated carbocycles. The average Bonchev–Trinajstić information content (AvgIpc) is 2.90. The standard InChI is InChI=1S/C15H11N3O3/c19-9-17-15-8-13(3-5-16-15)21-12-1-2-14-11(7-12)4-6-18(14)10-20/h1-10H,(H,16,17,19). The van der Waals surface area contributed by atoms with E-state index in [0.717, 1.165) is 17.3 Å². The summed E-state index contributed by atoms with van der Waals surface area (Å²) in [6, 6.07) is 10.6. The molecule has 0 aliphatic rings. The van der Waals surface area contributed by atoms with Crippen LogP contribution in [0.15, 0.2) is 48.8 Å². The molecular weight excluding hydrogens is 270 g/mol. The third-order valence-corrected chi connectivity index (χ3v) is 2.98. The first-order valence-corrected chi connectivity index (χ1v) is 6.20. The van der Waals surface area contributed by atoms with E-state index >= 15 is 0 Å². The Morgan fingerprint density at radius 2 is 1.95 bits per heavy atom. The lowest BCUT2D eigenvalue weighted by Gasteiger charge is -2.07. The first-order chi connectivity index (χ1) is 10.3. The number of carbonyl (C=O) groups excluding carboxylic acids is 2. The fraction of sp³-hybridized carbons (Fsp3) is 0. The number of fused-ring (bicyclic) bond motifs is 1. The van der Waals surface area contributed by atoms with E-state index in [1.54, 1.807) is 30.6 Å². The zero-order valence-corrected chi connectivity index (χ0v) is 10.9. The number of amides is 1. The zero-order valence-electron chi connectivity index (χ0n) is 10.9. The van der Waals surface area contributed by atoms with E-state index in [0.29, 0.717) is 23.7 Å². The summed E-state index contributed by atoms with van der Waals surface area (Å²) in [6.07, 6.45) is 4.55. The summed E-state index contributed by atoms with van der Waals surface area (Å²) in [5.74, 6) is 1.61. The van der Waals surface area contributed by atoms with Gasteiger partial charge >= 0.3 is 0 Å². The molecule has 0 atom stereocenters. The van der Waals surface area contributed by atoms with Crippen molar-refractivity contribution in [2.75, 3.05) is 5.32 Å². The van der Waals surface area contributed by atoms with Crippen LogP contribution in [0.2, 0.25) is 0 Å². The van der Waals surface area contributed by atoms with Crippen LogP contribution in [-0.4, -0.2) is 22.4 Å². The van der Waals surface area contributed by atoms with E-state index in [-0.39, 0.29) is 0 Å². The number of nitrogens with zero attached hydrogens (tertiary/aromatic N) is 2. The van der Waals surface area contributed by atoms with E-state index in [2.05, 4.69) is 10.3 Å². The Morgan fingerprint density at radius 1 is 1.10 bits per heavy atom. The van der Waals surface area contributed by atoms with Gasteiger partial charge in [0.2, 0.25) is 12.8 Å². The highest BCUT2D eigenvalue weighted by Gasteiger charge is 2.04. The largest absolute Gasteiger partial charge is 0.457 e. The molecule has 2 aromatic heterocycles. The number of hydrogen-bond donors (Lipinski definition) is 1. The Kier molecular flexibility index (Phi) is 3.34. The lowest BCUT2D eigenvalue weighted by molar-refractivity contribution is -0.105. The molecule has 104 valence electrons. The van der Waals surface area contributed by atoms with Gasteiger partial charge in [-0.05, 0) is 30.3 Å². The highest BCUT2D eigenvalue weighted by molar-refractivity contribution is 5.86. The maximum absolute atomic E-state index is 10.8. The third kappa shape index (κ3) is 2.59. The molecule has 2 heterocycles. The zero-order chi connectivity index (χ0) is 14.7. The fourth-order valence-corrected chi connectivity index (χ4v) is 2.05. The Bertz CT molecular complexity index is 811. The van der Waals surface area contributed by atoms with Crippen molar-refractivity contribution in [3.05, 3.63) is 48.8 Å². The van der Waals surface area contributed by atoms with Gasteiger partial charge in [-0.25, -0.2) is 4.98 Å². The Morgan fingerprint density at radius 3 is 2.76 bits per heavy atom. The number of rotatable bonds is 5. The van der Waals surface area contributed by atoms with Crippen LogP contribution in [0.25, 0.3) is 10.9 Å². The van der Waals surface area contributed by atoms with Crippen molar-refractivity contribution in [1.82, 2.24) is 9.55 Å². The molecule has 1 aromatic carbocycles. The first kappa shape index (κ1) is 12.9. The molecule has 1 N–H and O–H groups in total. The van der Waals surface area contributed by atoms with Crippen LogP contribution in [0.4, 0.5) is 5.82 Å². The highest BCUT2D eigenvalue weighted by atomic mass is 16.5. The number of carbonyl (C=O) groups is 2. The van der Waals surface area contributed by atoms with Gasteiger partial charge in [0.15, 0.2) is 0 Å². The molecule has 0 bridgehead atoms. The van der Waals surface area contributed by atoms with Crippen molar-refractivity contribution in [2.45, 2.75) is 0 Å². The lowest BCUT2D eigenvalue weighted by atomic mass is 10.2. The summed E-state index contributed by atoms with van der Waals surface area (Å²) in [5, 5.41) is 3.36. The SMILES string of the molecule is O=CNc1cc(Oc2ccc3c(ccn3C=O)c2)ccn1. The van der Waals surface area contributed by atoms with Crippen LogP contribution in [0.1, 0.15) is 0 Å². The van der Waals surface area contributed by atoms with Gasteiger partial charge in [-0.1, -0.05) is 0 Å². The molecule has 0 aliphatic heterocycles.